The van der Waals surface area contributed by atoms with E-state index >= 15 is 0 Å². The lowest BCUT2D eigenvalue weighted by atomic mass is 10.1. The molecule has 0 saturated heterocycles. The Morgan fingerprint density at radius 3 is 2.36 bits per heavy atom. The highest BCUT2D eigenvalue weighted by atomic mass is 127. The average molecular weight is 742 g/mol. The number of ether oxygens (including phenoxy) is 4. The number of halogens is 4. The van der Waals surface area contributed by atoms with Gasteiger partial charge >= 0.3 is 18.0 Å². The maximum atomic E-state index is 13.2. The van der Waals surface area contributed by atoms with Crippen molar-refractivity contribution in [2.24, 2.45) is 5.10 Å². The smallest absolute Gasteiger partial charge is 0.418 e. The molecule has 0 atom stereocenters. The fourth-order valence-corrected chi connectivity index (χ4v) is 4.66. The number of benzene rings is 3. The quantitative estimate of drug-likeness (QED) is 0.101. The van der Waals surface area contributed by atoms with Crippen molar-refractivity contribution in [2.75, 3.05) is 39.3 Å². The van der Waals surface area contributed by atoms with Crippen LogP contribution in [0.4, 0.5) is 18.9 Å². The van der Waals surface area contributed by atoms with Gasteiger partial charge in [0.05, 0.1) is 41.9 Å². The highest BCUT2D eigenvalue weighted by molar-refractivity contribution is 14.1. The van der Waals surface area contributed by atoms with Crippen LogP contribution in [0.5, 0.6) is 23.0 Å². The second kappa shape index (κ2) is 16.5. The van der Waals surface area contributed by atoms with Crippen molar-refractivity contribution in [1.82, 2.24) is 10.7 Å². The summed E-state index contributed by atoms with van der Waals surface area (Å²) in [4.78, 5) is 36.8. The van der Waals surface area contributed by atoms with E-state index in [1.54, 1.807) is 25.1 Å². The van der Waals surface area contributed by atoms with Crippen molar-refractivity contribution in [3.8, 4) is 23.0 Å². The maximum Gasteiger partial charge on any atom is 0.418 e. The predicted octanol–water partition coefficient (Wildman–Crippen LogP) is 4.55. The van der Waals surface area contributed by atoms with Crippen molar-refractivity contribution < 1.29 is 46.5 Å². The topological polar surface area (TPSA) is 137 Å². The van der Waals surface area contributed by atoms with Crippen molar-refractivity contribution in [2.45, 2.75) is 19.5 Å². The van der Waals surface area contributed by atoms with E-state index < -0.39 is 41.8 Å². The van der Waals surface area contributed by atoms with E-state index in [-0.39, 0.29) is 24.7 Å². The van der Waals surface area contributed by atoms with Gasteiger partial charge in [0, 0.05) is 6.54 Å². The Morgan fingerprint density at radius 2 is 1.67 bits per heavy atom. The molecular formula is C30H30F3IN4O7. The van der Waals surface area contributed by atoms with Gasteiger partial charge in [-0.1, -0.05) is 18.2 Å². The Kier molecular flexibility index (Phi) is 12.8. The molecule has 45 heavy (non-hydrogen) atoms. The monoisotopic (exact) mass is 742 g/mol. The molecule has 15 heteroatoms. The van der Waals surface area contributed by atoms with E-state index in [9.17, 15) is 27.6 Å². The number of nitrogens with zero attached hydrogens (tertiary/aromatic N) is 1. The van der Waals surface area contributed by atoms with Gasteiger partial charge in [-0.25, -0.2) is 5.43 Å². The molecule has 240 valence electrons. The summed E-state index contributed by atoms with van der Waals surface area (Å²) in [5, 5.41) is 8.55. The first-order chi connectivity index (χ1) is 21.5. The lowest BCUT2D eigenvalue weighted by molar-refractivity contribution is -0.139. The summed E-state index contributed by atoms with van der Waals surface area (Å²) in [5.41, 5.74) is 2.11. The Labute approximate surface area is 270 Å². The molecule has 0 bridgehead atoms. The molecule has 3 aromatic carbocycles. The minimum atomic E-state index is -4.64. The molecule has 3 N–H and O–H groups in total. The molecule has 0 unspecified atom stereocenters. The molecule has 0 aliphatic carbocycles. The van der Waals surface area contributed by atoms with Gasteiger partial charge in [0.2, 0.25) is 0 Å². The number of anilines is 1. The Balaban J connectivity index is 1.56. The second-order valence-corrected chi connectivity index (χ2v) is 10.2. The number of amides is 3. The molecule has 0 aliphatic heterocycles. The maximum absolute atomic E-state index is 13.2. The second-order valence-electron chi connectivity index (χ2n) is 9.04. The van der Waals surface area contributed by atoms with E-state index in [4.69, 9.17) is 18.9 Å². The molecular weight excluding hydrogens is 712 g/mol. The van der Waals surface area contributed by atoms with Gasteiger partial charge in [-0.2, -0.15) is 18.3 Å². The number of rotatable bonds is 13. The number of nitrogens with one attached hydrogen (secondary N) is 3. The Morgan fingerprint density at radius 1 is 0.933 bits per heavy atom. The van der Waals surface area contributed by atoms with Crippen molar-refractivity contribution in [1.29, 1.82) is 0 Å². The van der Waals surface area contributed by atoms with Crippen LogP contribution in [0.15, 0.2) is 59.7 Å². The zero-order valence-electron chi connectivity index (χ0n) is 24.4. The van der Waals surface area contributed by atoms with Crippen LogP contribution in [0.2, 0.25) is 0 Å². The van der Waals surface area contributed by atoms with Gasteiger partial charge in [-0.3, -0.25) is 14.4 Å². The summed E-state index contributed by atoms with van der Waals surface area (Å²) < 4.78 is 61.9. The summed E-state index contributed by atoms with van der Waals surface area (Å²) in [5.74, 6) is -1.12. The van der Waals surface area contributed by atoms with Crippen LogP contribution in [-0.4, -0.2) is 57.9 Å². The SMILES string of the molecule is CCOc1cc(/C=N\NC(=O)C(=O)NCCc2ccc(OC)c(OC)c2)cc(I)c1OCC(=O)Nc1ccccc1C(F)(F)F. The standard InChI is InChI=1S/C30H30F3IN4O7/c1-4-44-25-15-19(13-21(34)27(25)45-17-26(39)37-22-8-6-5-7-20(22)30(31,32)33)16-36-38-29(41)28(40)35-12-11-18-9-10-23(42-2)24(14-18)43-3/h5-10,13-16H,4,11-12,17H2,1-3H3,(H,35,40)(H,37,39)(H,38,41)/b36-16-. The number of carbonyl (C=O) groups excluding carboxylic acids is 3. The van der Waals surface area contributed by atoms with E-state index in [1.807, 2.05) is 28.7 Å². The van der Waals surface area contributed by atoms with Gasteiger partial charge in [-0.15, -0.1) is 0 Å². The Bertz CT molecular complexity index is 1550. The number of methoxy groups -OCH3 is 2. The summed E-state index contributed by atoms with van der Waals surface area (Å²) >= 11 is 1.93. The summed E-state index contributed by atoms with van der Waals surface area (Å²) in [7, 11) is 3.05. The van der Waals surface area contributed by atoms with Gasteiger partial charge in [0.1, 0.15) is 0 Å². The van der Waals surface area contributed by atoms with Crippen LogP contribution in [0.25, 0.3) is 0 Å². The average Bonchev–Trinajstić information content (AvgIpc) is 3.00. The molecule has 0 aromatic heterocycles. The van der Waals surface area contributed by atoms with Crippen LogP contribution in [0, 0.1) is 3.57 Å². The first-order valence-corrected chi connectivity index (χ1v) is 14.4. The number of carbonyl (C=O) groups is 3. The molecule has 0 spiro atoms. The van der Waals surface area contributed by atoms with E-state index in [0.29, 0.717) is 27.1 Å². The minimum Gasteiger partial charge on any atom is -0.493 e. The normalized spacial score (nSPS) is 11.1. The number of hydrogen-bond acceptors (Lipinski definition) is 8. The van der Waals surface area contributed by atoms with Crippen molar-refractivity contribution in [3.05, 3.63) is 74.9 Å². The fourth-order valence-electron chi connectivity index (χ4n) is 3.88. The molecule has 0 radical (unpaired) electrons. The van der Waals surface area contributed by atoms with Crippen molar-refractivity contribution in [3.63, 3.8) is 0 Å². The first kappa shape index (κ1) is 34.9. The van der Waals surface area contributed by atoms with Gasteiger partial charge in [0.25, 0.3) is 5.91 Å². The first-order valence-electron chi connectivity index (χ1n) is 13.3. The molecule has 3 rings (SSSR count). The summed E-state index contributed by atoms with van der Waals surface area (Å²) in [6.07, 6.45) is -2.92. The predicted molar refractivity (Wildman–Crippen MR) is 168 cm³/mol. The fraction of sp³-hybridized carbons (Fsp3) is 0.267. The lowest BCUT2D eigenvalue weighted by Gasteiger charge is -2.16. The van der Waals surface area contributed by atoms with Crippen LogP contribution in [0.3, 0.4) is 0 Å². The third kappa shape index (κ3) is 10.3. The van der Waals surface area contributed by atoms with E-state index in [1.165, 1.54) is 38.6 Å². The van der Waals surface area contributed by atoms with Crippen LogP contribution in [-0.2, 0) is 27.0 Å². The highest BCUT2D eigenvalue weighted by Gasteiger charge is 2.33. The van der Waals surface area contributed by atoms with Crippen LogP contribution in [0.1, 0.15) is 23.6 Å². The number of hydrazone groups is 1. The van der Waals surface area contributed by atoms with Gasteiger partial charge in [0.15, 0.2) is 29.6 Å². The summed E-state index contributed by atoms with van der Waals surface area (Å²) in [6, 6.07) is 13.1. The number of hydrogen-bond donors (Lipinski definition) is 3. The van der Waals surface area contributed by atoms with Crippen LogP contribution < -0.4 is 35.0 Å². The third-order valence-electron chi connectivity index (χ3n) is 5.92. The molecule has 3 aromatic rings. The highest BCUT2D eigenvalue weighted by Crippen LogP contribution is 2.36. The van der Waals surface area contributed by atoms with Gasteiger partial charge < -0.3 is 29.6 Å². The van der Waals surface area contributed by atoms with Crippen LogP contribution >= 0.6 is 22.6 Å². The lowest BCUT2D eigenvalue weighted by Crippen LogP contribution is -2.38. The Hall–Kier alpha value is -4.54. The number of alkyl halides is 3. The minimum absolute atomic E-state index is 0.187. The zero-order chi connectivity index (χ0) is 33.0. The largest absolute Gasteiger partial charge is 0.493 e. The number of para-hydroxylation sites is 1. The molecule has 11 nitrogen and oxygen atoms in total. The molecule has 0 aliphatic rings. The van der Waals surface area contributed by atoms with Crippen molar-refractivity contribution >= 4 is 52.2 Å². The molecule has 3 amide bonds. The molecule has 0 fully saturated rings. The van der Waals surface area contributed by atoms with E-state index in [2.05, 4.69) is 21.2 Å². The zero-order valence-corrected chi connectivity index (χ0v) is 26.6. The van der Waals surface area contributed by atoms with Gasteiger partial charge in [-0.05, 0) is 83.5 Å². The molecule has 0 heterocycles. The van der Waals surface area contributed by atoms with E-state index in [0.717, 1.165) is 17.7 Å². The molecule has 0 saturated carbocycles. The third-order valence-corrected chi connectivity index (χ3v) is 6.72. The summed E-state index contributed by atoms with van der Waals surface area (Å²) in [6.45, 7) is 1.56.